The van der Waals surface area contributed by atoms with Gasteiger partial charge in [0.05, 0.1) is 10.6 Å². The quantitative estimate of drug-likeness (QED) is 0.422. The van der Waals surface area contributed by atoms with Crippen LogP contribution >= 0.6 is 0 Å². The van der Waals surface area contributed by atoms with E-state index in [1.165, 1.54) is 12.1 Å². The largest absolute Gasteiger partial charge is 0.343 e. The highest BCUT2D eigenvalue weighted by atomic mass is 32.2. The van der Waals surface area contributed by atoms with Gasteiger partial charge in [-0.25, -0.2) is 13.1 Å². The molecule has 0 saturated heterocycles. The summed E-state index contributed by atoms with van der Waals surface area (Å²) in [5.41, 5.74) is 5.92. The van der Waals surface area contributed by atoms with Crippen LogP contribution in [0.5, 0.6) is 0 Å². The Morgan fingerprint density at radius 2 is 1.66 bits per heavy atom. The van der Waals surface area contributed by atoms with Crippen molar-refractivity contribution in [2.24, 2.45) is 0 Å². The van der Waals surface area contributed by atoms with Crippen LogP contribution in [0.25, 0.3) is 0 Å². The first kappa shape index (κ1) is 23.2. The summed E-state index contributed by atoms with van der Waals surface area (Å²) in [6, 6.07) is 6.24. The number of carbonyl (C=O) groups excluding carboxylic acids is 2. The van der Waals surface area contributed by atoms with E-state index in [-0.39, 0.29) is 29.2 Å². The van der Waals surface area contributed by atoms with Gasteiger partial charge in [0.1, 0.15) is 0 Å². The molecule has 0 unspecified atom stereocenters. The topological polar surface area (TPSA) is 108 Å². The van der Waals surface area contributed by atoms with Crippen molar-refractivity contribution in [2.45, 2.75) is 69.7 Å². The Kier molecular flexibility index (Phi) is 8.91. The van der Waals surface area contributed by atoms with Crippen molar-refractivity contribution < 1.29 is 18.0 Å². The Hall–Kier alpha value is -2.13. The van der Waals surface area contributed by atoms with Gasteiger partial charge in [0.2, 0.25) is 21.8 Å². The second kappa shape index (κ2) is 11.2. The summed E-state index contributed by atoms with van der Waals surface area (Å²) in [5, 5.41) is 0. The van der Waals surface area contributed by atoms with Crippen molar-refractivity contribution in [2.75, 3.05) is 18.5 Å². The van der Waals surface area contributed by atoms with Crippen LogP contribution in [-0.4, -0.2) is 44.3 Å². The molecular weight excluding hydrogens is 392 g/mol. The van der Waals surface area contributed by atoms with Crippen LogP contribution in [0.2, 0.25) is 0 Å². The predicted octanol–water partition coefficient (Wildman–Crippen LogP) is 2.39. The number of sulfonamides is 1. The van der Waals surface area contributed by atoms with Gasteiger partial charge in [-0.05, 0) is 56.4 Å². The maximum atomic E-state index is 12.2. The fourth-order valence-electron chi connectivity index (χ4n) is 2.87. The van der Waals surface area contributed by atoms with Crippen molar-refractivity contribution in [3.63, 3.8) is 0 Å². The van der Waals surface area contributed by atoms with Crippen LogP contribution in [0.3, 0.4) is 0 Å². The Balaban J connectivity index is 1.71. The highest BCUT2D eigenvalue weighted by Gasteiger charge is 2.27. The first-order valence-electron chi connectivity index (χ1n) is 10.3. The minimum Gasteiger partial charge on any atom is -0.343 e. The number of nitrogens with zero attached hydrogens (tertiary/aromatic N) is 1. The Bertz CT molecular complexity index is 770. The molecule has 9 heteroatoms. The zero-order chi connectivity index (χ0) is 21.3. The third kappa shape index (κ3) is 8.02. The second-order valence-corrected chi connectivity index (χ2v) is 9.04. The Labute approximate surface area is 173 Å². The lowest BCUT2D eigenvalue weighted by Crippen LogP contribution is -2.33. The van der Waals surface area contributed by atoms with E-state index in [1.807, 2.05) is 18.7 Å². The van der Waals surface area contributed by atoms with Gasteiger partial charge < -0.3 is 4.90 Å². The number of hydrazine groups is 1. The van der Waals surface area contributed by atoms with Gasteiger partial charge in [0.15, 0.2) is 0 Å². The summed E-state index contributed by atoms with van der Waals surface area (Å²) in [7, 11) is -3.48. The summed E-state index contributed by atoms with van der Waals surface area (Å²) in [6.45, 7) is 5.59. The summed E-state index contributed by atoms with van der Waals surface area (Å²) >= 11 is 0. The molecule has 1 aliphatic rings. The second-order valence-electron chi connectivity index (χ2n) is 7.33. The lowest BCUT2D eigenvalue weighted by atomic mass is 10.2. The summed E-state index contributed by atoms with van der Waals surface area (Å²) in [6.07, 6.45) is 4.69. The molecule has 0 aromatic heterocycles. The monoisotopic (exact) mass is 424 g/mol. The normalized spacial score (nSPS) is 13.7. The molecule has 0 spiro atoms. The van der Waals surface area contributed by atoms with Crippen molar-refractivity contribution >= 4 is 27.5 Å². The lowest BCUT2D eigenvalue weighted by molar-refractivity contribution is -0.131. The number of anilines is 1. The van der Waals surface area contributed by atoms with E-state index in [1.54, 1.807) is 12.1 Å². The molecule has 1 aliphatic carbocycles. The molecule has 29 heavy (non-hydrogen) atoms. The fourth-order valence-corrected chi connectivity index (χ4v) is 4.17. The van der Waals surface area contributed by atoms with Gasteiger partial charge in [-0.15, -0.1) is 0 Å². The third-order valence-corrected chi connectivity index (χ3v) is 6.08. The lowest BCUT2D eigenvalue weighted by Gasteiger charge is -2.21. The molecule has 1 aromatic carbocycles. The first-order chi connectivity index (χ1) is 13.9. The zero-order valence-electron chi connectivity index (χ0n) is 17.2. The third-order valence-electron chi connectivity index (χ3n) is 4.54. The van der Waals surface area contributed by atoms with Crippen LogP contribution < -0.4 is 15.6 Å². The van der Waals surface area contributed by atoms with Gasteiger partial charge in [0.25, 0.3) is 0 Å². The SMILES string of the molecule is CCCN(CCC)C(=O)CCCC(=O)NNc1ccc(S(=O)(=O)NC2CC2)cc1. The Morgan fingerprint density at radius 3 is 2.21 bits per heavy atom. The van der Waals surface area contributed by atoms with E-state index in [2.05, 4.69) is 15.6 Å². The number of carbonyl (C=O) groups is 2. The predicted molar refractivity (Wildman–Crippen MR) is 113 cm³/mol. The van der Waals surface area contributed by atoms with E-state index in [0.29, 0.717) is 18.5 Å². The highest BCUT2D eigenvalue weighted by Crippen LogP contribution is 2.22. The first-order valence-corrected chi connectivity index (χ1v) is 11.8. The van der Waals surface area contributed by atoms with Gasteiger partial charge >= 0.3 is 0 Å². The minimum absolute atomic E-state index is 0.0556. The molecule has 2 rings (SSSR count). The number of amides is 2. The minimum atomic E-state index is -3.48. The van der Waals surface area contributed by atoms with Crippen LogP contribution in [0.15, 0.2) is 29.2 Å². The molecule has 3 N–H and O–H groups in total. The number of rotatable bonds is 13. The van der Waals surface area contributed by atoms with E-state index >= 15 is 0 Å². The molecule has 0 aliphatic heterocycles. The molecule has 2 amide bonds. The van der Waals surface area contributed by atoms with E-state index < -0.39 is 10.0 Å². The summed E-state index contributed by atoms with van der Waals surface area (Å²) < 4.78 is 26.9. The molecule has 1 saturated carbocycles. The number of hydrogen-bond acceptors (Lipinski definition) is 5. The van der Waals surface area contributed by atoms with Gasteiger partial charge in [-0.3, -0.25) is 20.4 Å². The maximum Gasteiger partial charge on any atom is 0.240 e. The van der Waals surface area contributed by atoms with Crippen LogP contribution in [0.4, 0.5) is 5.69 Å². The average molecular weight is 425 g/mol. The van der Waals surface area contributed by atoms with Crippen LogP contribution in [0.1, 0.15) is 58.8 Å². The van der Waals surface area contributed by atoms with Crippen LogP contribution in [0, 0.1) is 0 Å². The maximum absolute atomic E-state index is 12.2. The van der Waals surface area contributed by atoms with E-state index in [0.717, 1.165) is 38.8 Å². The van der Waals surface area contributed by atoms with Gasteiger partial charge in [-0.2, -0.15) is 0 Å². The molecule has 0 heterocycles. The number of hydrogen-bond donors (Lipinski definition) is 3. The number of nitrogens with one attached hydrogen (secondary N) is 3. The molecule has 8 nitrogen and oxygen atoms in total. The van der Waals surface area contributed by atoms with Gasteiger partial charge in [-0.1, -0.05) is 13.8 Å². The van der Waals surface area contributed by atoms with Crippen molar-refractivity contribution in [3.05, 3.63) is 24.3 Å². The molecule has 0 radical (unpaired) electrons. The Morgan fingerprint density at radius 1 is 1.03 bits per heavy atom. The number of benzene rings is 1. The summed E-state index contributed by atoms with van der Waals surface area (Å²) in [4.78, 5) is 26.2. The molecule has 1 aromatic rings. The molecule has 0 bridgehead atoms. The standard InChI is InChI=1S/C20H32N4O4S/c1-3-14-24(15-4-2)20(26)7-5-6-19(25)22-21-16-10-12-18(13-11-16)29(27,28)23-17-8-9-17/h10-13,17,21,23H,3-9,14-15H2,1-2H3,(H,22,25). The van der Waals surface area contributed by atoms with Gasteiger partial charge in [0, 0.05) is 32.0 Å². The zero-order valence-corrected chi connectivity index (χ0v) is 18.1. The molecular formula is C20H32N4O4S. The smallest absolute Gasteiger partial charge is 0.240 e. The highest BCUT2D eigenvalue weighted by molar-refractivity contribution is 7.89. The molecule has 0 atom stereocenters. The molecule has 162 valence electrons. The average Bonchev–Trinajstić information content (AvgIpc) is 3.49. The van der Waals surface area contributed by atoms with E-state index in [4.69, 9.17) is 0 Å². The molecule has 1 fully saturated rings. The fraction of sp³-hybridized carbons (Fsp3) is 0.600. The van der Waals surface area contributed by atoms with Crippen molar-refractivity contribution in [3.8, 4) is 0 Å². The van der Waals surface area contributed by atoms with Crippen LogP contribution in [-0.2, 0) is 19.6 Å². The van der Waals surface area contributed by atoms with E-state index in [9.17, 15) is 18.0 Å². The summed E-state index contributed by atoms with van der Waals surface area (Å²) in [5.74, 6) is -0.131. The van der Waals surface area contributed by atoms with Crippen molar-refractivity contribution in [1.29, 1.82) is 0 Å². The van der Waals surface area contributed by atoms with Crippen molar-refractivity contribution in [1.82, 2.24) is 15.0 Å².